The fraction of sp³-hybridized carbons (Fsp3) is 0.263. The highest BCUT2D eigenvalue weighted by Gasteiger charge is 2.26. The molecule has 3 rings (SSSR count). The van der Waals surface area contributed by atoms with Crippen LogP contribution in [0.2, 0.25) is 0 Å². The summed E-state index contributed by atoms with van der Waals surface area (Å²) < 4.78 is 25.5. The van der Waals surface area contributed by atoms with E-state index in [1.54, 1.807) is 48.5 Å². The number of sulfone groups is 1. The molecule has 1 aliphatic rings. The van der Waals surface area contributed by atoms with E-state index in [1.807, 2.05) is 0 Å². The fourth-order valence-electron chi connectivity index (χ4n) is 3.33. The molecular formula is C19H19NO4S. The number of carbonyl (C=O) groups is 2. The molecule has 0 bridgehead atoms. The Labute approximate surface area is 146 Å². The first-order chi connectivity index (χ1) is 11.9. The Bertz CT molecular complexity index is 920. The number of Topliss-reactive ketones (excluding diaryl/α,β-unsaturated/α-hetero) is 1. The molecule has 1 atom stereocenters. The minimum atomic E-state index is -3.57. The lowest BCUT2D eigenvalue weighted by Gasteiger charge is -2.25. The SMILES string of the molecule is NC(=O)C(=O)C[C@@H]1CCCc2cc(S(=O)(=O)c3ccccc3)ccc21. The monoisotopic (exact) mass is 357 g/mol. The van der Waals surface area contributed by atoms with Crippen LogP contribution in [0.1, 0.15) is 36.3 Å². The fourth-order valence-corrected chi connectivity index (χ4v) is 4.66. The number of hydrogen-bond acceptors (Lipinski definition) is 4. The first-order valence-corrected chi connectivity index (χ1v) is 9.63. The third-order valence-corrected chi connectivity index (χ3v) is 6.39. The number of ketones is 1. The molecule has 0 aliphatic heterocycles. The molecular weight excluding hydrogens is 338 g/mol. The molecule has 0 aromatic heterocycles. The smallest absolute Gasteiger partial charge is 0.284 e. The van der Waals surface area contributed by atoms with Crippen molar-refractivity contribution < 1.29 is 18.0 Å². The van der Waals surface area contributed by atoms with Crippen LogP contribution in [0.15, 0.2) is 58.3 Å². The van der Waals surface area contributed by atoms with Crippen LogP contribution < -0.4 is 5.73 Å². The Morgan fingerprint density at radius 3 is 2.44 bits per heavy atom. The van der Waals surface area contributed by atoms with E-state index in [0.717, 1.165) is 30.4 Å². The summed E-state index contributed by atoms with van der Waals surface area (Å²) in [5, 5.41) is 0. The van der Waals surface area contributed by atoms with Gasteiger partial charge in [0.15, 0.2) is 0 Å². The lowest BCUT2D eigenvalue weighted by Crippen LogP contribution is -2.26. The Morgan fingerprint density at radius 2 is 1.76 bits per heavy atom. The predicted molar refractivity (Wildman–Crippen MR) is 92.8 cm³/mol. The highest BCUT2D eigenvalue weighted by molar-refractivity contribution is 7.91. The third-order valence-electron chi connectivity index (χ3n) is 4.62. The number of aryl methyl sites for hydroxylation is 1. The predicted octanol–water partition coefficient (Wildman–Crippen LogP) is 2.38. The lowest BCUT2D eigenvalue weighted by molar-refractivity contribution is -0.136. The summed E-state index contributed by atoms with van der Waals surface area (Å²) >= 11 is 0. The zero-order valence-corrected chi connectivity index (χ0v) is 14.5. The molecule has 0 radical (unpaired) electrons. The van der Waals surface area contributed by atoms with Crippen LogP contribution in [-0.4, -0.2) is 20.1 Å². The number of amides is 1. The maximum absolute atomic E-state index is 12.8. The van der Waals surface area contributed by atoms with Crippen molar-refractivity contribution in [2.24, 2.45) is 5.73 Å². The van der Waals surface area contributed by atoms with Crippen LogP contribution in [0.3, 0.4) is 0 Å². The second kappa shape index (κ2) is 6.80. The summed E-state index contributed by atoms with van der Waals surface area (Å²) in [7, 11) is -3.57. The topological polar surface area (TPSA) is 94.3 Å². The summed E-state index contributed by atoms with van der Waals surface area (Å²) in [6, 6.07) is 13.3. The Kier molecular flexibility index (Phi) is 4.72. The van der Waals surface area contributed by atoms with Crippen LogP contribution in [0.5, 0.6) is 0 Å². The average molecular weight is 357 g/mol. The van der Waals surface area contributed by atoms with Crippen LogP contribution in [0.4, 0.5) is 0 Å². The van der Waals surface area contributed by atoms with Crippen LogP contribution in [0, 0.1) is 0 Å². The molecule has 1 aliphatic carbocycles. The van der Waals surface area contributed by atoms with Crippen molar-refractivity contribution >= 4 is 21.5 Å². The van der Waals surface area contributed by atoms with Gasteiger partial charge in [0.2, 0.25) is 15.6 Å². The zero-order chi connectivity index (χ0) is 18.0. The maximum Gasteiger partial charge on any atom is 0.284 e. The molecule has 0 saturated carbocycles. The summed E-state index contributed by atoms with van der Waals surface area (Å²) in [4.78, 5) is 23.2. The molecule has 25 heavy (non-hydrogen) atoms. The second-order valence-electron chi connectivity index (χ2n) is 6.26. The molecule has 1 amide bonds. The van der Waals surface area contributed by atoms with E-state index >= 15 is 0 Å². The first-order valence-electron chi connectivity index (χ1n) is 8.15. The number of primary amides is 1. The molecule has 2 aromatic carbocycles. The van der Waals surface area contributed by atoms with Gasteiger partial charge in [0.05, 0.1) is 9.79 Å². The number of nitrogens with two attached hydrogens (primary N) is 1. The zero-order valence-electron chi connectivity index (χ0n) is 13.6. The Balaban J connectivity index is 1.95. The van der Waals surface area contributed by atoms with E-state index < -0.39 is 21.5 Å². The van der Waals surface area contributed by atoms with Crippen LogP contribution in [-0.2, 0) is 25.8 Å². The van der Waals surface area contributed by atoms with Crippen molar-refractivity contribution in [1.29, 1.82) is 0 Å². The van der Waals surface area contributed by atoms with E-state index in [-0.39, 0.29) is 22.1 Å². The van der Waals surface area contributed by atoms with Gasteiger partial charge in [-0.25, -0.2) is 8.42 Å². The average Bonchev–Trinajstić information content (AvgIpc) is 2.62. The number of hydrogen-bond donors (Lipinski definition) is 1. The normalized spacial score (nSPS) is 16.9. The second-order valence-corrected chi connectivity index (χ2v) is 8.21. The van der Waals surface area contributed by atoms with Crippen LogP contribution in [0.25, 0.3) is 0 Å². The summed E-state index contributed by atoms with van der Waals surface area (Å²) in [6.07, 6.45) is 2.47. The van der Waals surface area contributed by atoms with E-state index in [0.29, 0.717) is 0 Å². The van der Waals surface area contributed by atoms with Gasteiger partial charge in [-0.2, -0.15) is 0 Å². The van der Waals surface area contributed by atoms with Gasteiger partial charge in [-0.3, -0.25) is 9.59 Å². The van der Waals surface area contributed by atoms with Crippen molar-refractivity contribution in [3.63, 3.8) is 0 Å². The molecule has 2 N–H and O–H groups in total. The van der Waals surface area contributed by atoms with Crippen LogP contribution >= 0.6 is 0 Å². The van der Waals surface area contributed by atoms with Crippen molar-refractivity contribution in [2.45, 2.75) is 41.4 Å². The first kappa shape index (κ1) is 17.4. The molecule has 5 nitrogen and oxygen atoms in total. The molecule has 6 heteroatoms. The summed E-state index contributed by atoms with van der Waals surface area (Å²) in [5.74, 6) is -1.59. The highest BCUT2D eigenvalue weighted by atomic mass is 32.2. The van der Waals surface area contributed by atoms with Gasteiger partial charge in [0.25, 0.3) is 5.91 Å². The minimum Gasteiger partial charge on any atom is -0.363 e. The van der Waals surface area contributed by atoms with E-state index in [4.69, 9.17) is 5.73 Å². The van der Waals surface area contributed by atoms with Crippen molar-refractivity contribution in [2.75, 3.05) is 0 Å². The highest BCUT2D eigenvalue weighted by Crippen LogP contribution is 2.36. The maximum atomic E-state index is 12.8. The Morgan fingerprint density at radius 1 is 1.04 bits per heavy atom. The van der Waals surface area contributed by atoms with Crippen molar-refractivity contribution in [3.8, 4) is 0 Å². The Hall–Kier alpha value is -2.47. The lowest BCUT2D eigenvalue weighted by atomic mass is 9.80. The number of carbonyl (C=O) groups excluding carboxylic acids is 2. The van der Waals surface area contributed by atoms with Crippen molar-refractivity contribution in [3.05, 3.63) is 59.7 Å². The van der Waals surface area contributed by atoms with Gasteiger partial charge in [-0.1, -0.05) is 24.3 Å². The van der Waals surface area contributed by atoms with E-state index in [2.05, 4.69) is 0 Å². The third kappa shape index (κ3) is 3.49. The summed E-state index contributed by atoms with van der Waals surface area (Å²) in [6.45, 7) is 0. The van der Waals surface area contributed by atoms with Gasteiger partial charge in [-0.15, -0.1) is 0 Å². The molecule has 2 aromatic rings. The van der Waals surface area contributed by atoms with Gasteiger partial charge in [-0.05, 0) is 60.6 Å². The number of fused-ring (bicyclic) bond motifs is 1. The van der Waals surface area contributed by atoms with Gasteiger partial charge in [0.1, 0.15) is 0 Å². The van der Waals surface area contributed by atoms with E-state index in [1.165, 1.54) is 0 Å². The van der Waals surface area contributed by atoms with Gasteiger partial charge in [0, 0.05) is 6.42 Å². The number of benzene rings is 2. The minimum absolute atomic E-state index is 0.0765. The number of rotatable bonds is 5. The largest absolute Gasteiger partial charge is 0.363 e. The quantitative estimate of drug-likeness (QED) is 0.831. The molecule has 0 spiro atoms. The standard InChI is InChI=1S/C19H19NO4S/c20-19(22)18(21)12-14-6-4-5-13-11-16(9-10-17(13)14)25(23,24)15-7-2-1-3-8-15/h1-3,7-11,14H,4-6,12H2,(H2,20,22)/t14-/m0/s1. The molecule has 130 valence electrons. The summed E-state index contributed by atoms with van der Waals surface area (Å²) in [5.41, 5.74) is 6.91. The molecule has 0 saturated heterocycles. The van der Waals surface area contributed by atoms with Gasteiger partial charge >= 0.3 is 0 Å². The molecule has 0 heterocycles. The molecule has 0 unspecified atom stereocenters. The van der Waals surface area contributed by atoms with Crippen molar-refractivity contribution in [1.82, 2.24) is 0 Å². The van der Waals surface area contributed by atoms with E-state index in [9.17, 15) is 18.0 Å². The van der Waals surface area contributed by atoms with Gasteiger partial charge < -0.3 is 5.73 Å². The molecule has 0 fully saturated rings.